The Bertz CT molecular complexity index is 793. The SMILES string of the molecule is CCc1c(C)sc(NC(=O)[C@H]2CC=CC[C@@H]2C(=O)O)c1C(=O)NC1CCCC1. The third-order valence-electron chi connectivity index (χ3n) is 5.80. The van der Waals surface area contributed by atoms with Gasteiger partial charge in [0.2, 0.25) is 5.91 Å². The van der Waals surface area contributed by atoms with Crippen LogP contribution in [0.25, 0.3) is 0 Å². The highest BCUT2D eigenvalue weighted by Gasteiger charge is 2.35. The number of aryl methyl sites for hydroxylation is 1. The number of carbonyl (C=O) groups is 3. The van der Waals surface area contributed by atoms with Crippen LogP contribution < -0.4 is 10.6 Å². The second-order valence-electron chi connectivity index (χ2n) is 7.63. The first-order valence-electron chi connectivity index (χ1n) is 10.0. The van der Waals surface area contributed by atoms with E-state index in [1.165, 1.54) is 11.3 Å². The number of carbonyl (C=O) groups excluding carboxylic acids is 2. The number of carboxylic acids is 1. The number of hydrogen-bond acceptors (Lipinski definition) is 4. The highest BCUT2D eigenvalue weighted by molar-refractivity contribution is 7.16. The summed E-state index contributed by atoms with van der Waals surface area (Å²) in [7, 11) is 0. The molecule has 0 aliphatic heterocycles. The molecule has 7 heteroatoms. The number of carboxylic acid groups (broad SMARTS) is 1. The van der Waals surface area contributed by atoms with Crippen molar-refractivity contribution in [3.8, 4) is 0 Å². The lowest BCUT2D eigenvalue weighted by Crippen LogP contribution is -2.36. The van der Waals surface area contributed by atoms with E-state index in [0.717, 1.165) is 36.1 Å². The van der Waals surface area contributed by atoms with E-state index < -0.39 is 17.8 Å². The first-order valence-corrected chi connectivity index (χ1v) is 10.9. The van der Waals surface area contributed by atoms with Crippen LogP contribution >= 0.6 is 11.3 Å². The van der Waals surface area contributed by atoms with E-state index in [-0.39, 0.29) is 17.9 Å². The first kappa shape index (κ1) is 20.6. The summed E-state index contributed by atoms with van der Waals surface area (Å²) in [5.74, 6) is -2.77. The third kappa shape index (κ3) is 4.29. The van der Waals surface area contributed by atoms with Crippen LogP contribution in [0.5, 0.6) is 0 Å². The molecule has 0 bridgehead atoms. The van der Waals surface area contributed by atoms with Crippen molar-refractivity contribution in [3.05, 3.63) is 28.2 Å². The summed E-state index contributed by atoms with van der Waals surface area (Å²) < 4.78 is 0. The van der Waals surface area contributed by atoms with Gasteiger partial charge in [0.1, 0.15) is 5.00 Å². The number of rotatable bonds is 6. The lowest BCUT2D eigenvalue weighted by molar-refractivity contribution is -0.146. The van der Waals surface area contributed by atoms with Crippen molar-refractivity contribution >= 4 is 34.1 Å². The molecule has 28 heavy (non-hydrogen) atoms. The number of anilines is 1. The summed E-state index contributed by atoms with van der Waals surface area (Å²) in [5.41, 5.74) is 1.50. The minimum atomic E-state index is -0.958. The largest absolute Gasteiger partial charge is 0.481 e. The molecule has 0 aromatic carbocycles. The van der Waals surface area contributed by atoms with Gasteiger partial charge in [-0.05, 0) is 44.6 Å². The third-order valence-corrected chi connectivity index (χ3v) is 6.87. The van der Waals surface area contributed by atoms with Crippen molar-refractivity contribution in [3.63, 3.8) is 0 Å². The summed E-state index contributed by atoms with van der Waals surface area (Å²) in [6.07, 6.45) is 9.37. The molecule has 2 amide bonds. The second kappa shape index (κ2) is 8.90. The Morgan fingerprint density at radius 3 is 2.39 bits per heavy atom. The second-order valence-corrected chi connectivity index (χ2v) is 8.86. The summed E-state index contributed by atoms with van der Waals surface area (Å²) in [4.78, 5) is 38.4. The molecule has 0 saturated heterocycles. The average molecular weight is 405 g/mol. The van der Waals surface area contributed by atoms with Gasteiger partial charge in [0.05, 0.1) is 17.4 Å². The van der Waals surface area contributed by atoms with Crippen LogP contribution in [0, 0.1) is 18.8 Å². The van der Waals surface area contributed by atoms with Crippen molar-refractivity contribution in [1.82, 2.24) is 5.32 Å². The van der Waals surface area contributed by atoms with Gasteiger partial charge in [-0.15, -0.1) is 11.3 Å². The number of thiophene rings is 1. The van der Waals surface area contributed by atoms with Gasteiger partial charge in [0, 0.05) is 10.9 Å². The molecule has 152 valence electrons. The van der Waals surface area contributed by atoms with Crippen LogP contribution in [0.2, 0.25) is 0 Å². The lowest BCUT2D eigenvalue weighted by atomic mass is 9.82. The van der Waals surface area contributed by atoms with E-state index in [4.69, 9.17) is 0 Å². The van der Waals surface area contributed by atoms with Gasteiger partial charge in [-0.25, -0.2) is 0 Å². The normalized spacial score (nSPS) is 22.2. The van der Waals surface area contributed by atoms with E-state index in [9.17, 15) is 19.5 Å². The molecule has 0 spiro atoms. The van der Waals surface area contributed by atoms with Gasteiger partial charge < -0.3 is 15.7 Å². The molecule has 1 aromatic heterocycles. The summed E-state index contributed by atoms with van der Waals surface area (Å²) in [5, 5.41) is 16.0. The number of allylic oxidation sites excluding steroid dienone is 2. The fourth-order valence-electron chi connectivity index (χ4n) is 4.24. The van der Waals surface area contributed by atoms with Crippen LogP contribution in [0.4, 0.5) is 5.00 Å². The van der Waals surface area contributed by atoms with Crippen LogP contribution in [0.1, 0.15) is 66.2 Å². The van der Waals surface area contributed by atoms with Gasteiger partial charge in [0.15, 0.2) is 0 Å². The quantitative estimate of drug-likeness (QED) is 0.627. The standard InChI is InChI=1S/C21H28N2O4S/c1-3-14-12(2)28-20(17(14)19(25)22-13-8-4-5-9-13)23-18(24)15-10-6-7-11-16(15)21(26)27/h6-7,13,15-16H,3-5,8-11H2,1-2H3,(H,22,25)(H,23,24)(H,26,27)/t15-,16-/m0/s1. The van der Waals surface area contributed by atoms with E-state index in [0.29, 0.717) is 29.8 Å². The predicted molar refractivity (Wildman–Crippen MR) is 110 cm³/mol. The number of aliphatic carboxylic acids is 1. The molecule has 3 N–H and O–H groups in total. The monoisotopic (exact) mass is 404 g/mol. The molecule has 2 aliphatic carbocycles. The molecule has 2 atom stereocenters. The Morgan fingerprint density at radius 1 is 1.14 bits per heavy atom. The Labute approximate surface area is 169 Å². The van der Waals surface area contributed by atoms with Gasteiger partial charge in [-0.2, -0.15) is 0 Å². The number of nitrogens with one attached hydrogen (secondary N) is 2. The molecule has 1 aromatic rings. The zero-order valence-electron chi connectivity index (χ0n) is 16.4. The minimum absolute atomic E-state index is 0.137. The maximum atomic E-state index is 13.0. The maximum absolute atomic E-state index is 13.0. The topological polar surface area (TPSA) is 95.5 Å². The maximum Gasteiger partial charge on any atom is 0.307 e. The lowest BCUT2D eigenvalue weighted by Gasteiger charge is -2.24. The Morgan fingerprint density at radius 2 is 1.79 bits per heavy atom. The molecule has 3 rings (SSSR count). The smallest absolute Gasteiger partial charge is 0.307 e. The van der Waals surface area contributed by atoms with E-state index in [1.54, 1.807) is 0 Å². The van der Waals surface area contributed by atoms with Crippen LogP contribution in [0.15, 0.2) is 12.2 Å². The molecule has 1 fully saturated rings. The predicted octanol–water partition coefficient (Wildman–Crippen LogP) is 3.90. The number of hydrogen-bond donors (Lipinski definition) is 3. The van der Waals surface area contributed by atoms with Gasteiger partial charge >= 0.3 is 5.97 Å². The fourth-order valence-corrected chi connectivity index (χ4v) is 5.39. The molecular weight excluding hydrogens is 376 g/mol. The molecule has 2 aliphatic rings. The molecule has 1 heterocycles. The van der Waals surface area contributed by atoms with E-state index in [1.807, 2.05) is 26.0 Å². The first-order chi connectivity index (χ1) is 13.4. The highest BCUT2D eigenvalue weighted by atomic mass is 32.1. The van der Waals surface area contributed by atoms with Crippen LogP contribution in [-0.2, 0) is 16.0 Å². The average Bonchev–Trinajstić information content (AvgIpc) is 3.28. The van der Waals surface area contributed by atoms with Gasteiger partial charge in [0.25, 0.3) is 5.91 Å². The molecular formula is C21H28N2O4S. The van der Waals surface area contributed by atoms with E-state index in [2.05, 4.69) is 10.6 Å². The zero-order chi connectivity index (χ0) is 20.3. The molecule has 0 unspecified atom stereocenters. The van der Waals surface area contributed by atoms with Crippen molar-refractivity contribution in [2.75, 3.05) is 5.32 Å². The fraction of sp³-hybridized carbons (Fsp3) is 0.571. The number of amides is 2. The minimum Gasteiger partial charge on any atom is -0.481 e. The highest BCUT2D eigenvalue weighted by Crippen LogP contribution is 2.35. The summed E-state index contributed by atoms with van der Waals surface area (Å²) in [6, 6.07) is 0.195. The summed E-state index contributed by atoms with van der Waals surface area (Å²) >= 11 is 1.40. The van der Waals surface area contributed by atoms with Crippen molar-refractivity contribution in [1.29, 1.82) is 0 Å². The Balaban J connectivity index is 1.82. The zero-order valence-corrected chi connectivity index (χ0v) is 17.2. The molecule has 1 saturated carbocycles. The molecule has 6 nitrogen and oxygen atoms in total. The van der Waals surface area contributed by atoms with E-state index >= 15 is 0 Å². The van der Waals surface area contributed by atoms with Crippen molar-refractivity contribution in [2.24, 2.45) is 11.8 Å². The van der Waals surface area contributed by atoms with Crippen molar-refractivity contribution in [2.45, 2.75) is 64.8 Å². The van der Waals surface area contributed by atoms with Gasteiger partial charge in [-0.1, -0.05) is 31.9 Å². The Hall–Kier alpha value is -2.15. The molecule has 0 radical (unpaired) electrons. The summed E-state index contributed by atoms with van der Waals surface area (Å²) in [6.45, 7) is 3.95. The van der Waals surface area contributed by atoms with Crippen LogP contribution in [0.3, 0.4) is 0 Å². The van der Waals surface area contributed by atoms with Gasteiger partial charge in [-0.3, -0.25) is 14.4 Å². The van der Waals surface area contributed by atoms with Crippen LogP contribution in [-0.4, -0.2) is 28.9 Å². The Kier molecular flexibility index (Phi) is 6.54. The van der Waals surface area contributed by atoms with Crippen molar-refractivity contribution < 1.29 is 19.5 Å².